The van der Waals surface area contributed by atoms with Crippen LogP contribution in [0.5, 0.6) is 0 Å². The highest BCUT2D eigenvalue weighted by Gasteiger charge is 2.23. The van der Waals surface area contributed by atoms with Crippen molar-refractivity contribution in [1.82, 2.24) is 20.1 Å². The molecule has 2 amide bonds. The Morgan fingerprint density at radius 3 is 2.83 bits per heavy atom. The van der Waals surface area contributed by atoms with Crippen LogP contribution in [0.25, 0.3) is 5.00 Å². The molecule has 1 atom stereocenters. The van der Waals surface area contributed by atoms with Crippen LogP contribution in [0.4, 0.5) is 4.79 Å². The van der Waals surface area contributed by atoms with Crippen molar-refractivity contribution in [3.63, 3.8) is 0 Å². The summed E-state index contributed by atoms with van der Waals surface area (Å²) in [4.78, 5) is 15.9. The summed E-state index contributed by atoms with van der Waals surface area (Å²) < 4.78 is 2.16. The van der Waals surface area contributed by atoms with Gasteiger partial charge in [0.25, 0.3) is 0 Å². The third-order valence-electron chi connectivity index (χ3n) is 4.59. The summed E-state index contributed by atoms with van der Waals surface area (Å²) in [6.45, 7) is 6.73. The number of likely N-dealkylation sites (N-methyl/N-ethyl adjacent to an activating group) is 1. The lowest BCUT2D eigenvalue weighted by atomic mass is 10.0. The number of hydrogen-bond acceptors (Lipinski definition) is 3. The van der Waals surface area contributed by atoms with Crippen molar-refractivity contribution < 1.29 is 4.79 Å². The molecule has 0 saturated carbocycles. The number of carbonyl (C=O) groups excluding carboxylic acids is 1. The summed E-state index contributed by atoms with van der Waals surface area (Å²) in [5, 5.41) is 7.24. The predicted octanol–water partition coefficient (Wildman–Crippen LogP) is 3.12. The van der Waals surface area contributed by atoms with Gasteiger partial charge in [0.1, 0.15) is 5.00 Å². The second-order valence-corrected chi connectivity index (χ2v) is 7.59. The fourth-order valence-corrected chi connectivity index (χ4v) is 4.40. The highest BCUT2D eigenvalue weighted by atomic mass is 32.1. The number of fused-ring (bicyclic) bond motifs is 1. The Balaban J connectivity index is 1.82. The van der Waals surface area contributed by atoms with Crippen LogP contribution in [0.3, 0.4) is 0 Å². The molecule has 0 unspecified atom stereocenters. The van der Waals surface area contributed by atoms with E-state index in [2.05, 4.69) is 46.5 Å². The lowest BCUT2D eigenvalue weighted by Gasteiger charge is -2.23. The van der Waals surface area contributed by atoms with Crippen molar-refractivity contribution >= 4 is 17.4 Å². The van der Waals surface area contributed by atoms with Crippen molar-refractivity contribution in [3.8, 4) is 5.00 Å². The van der Waals surface area contributed by atoms with Crippen LogP contribution in [0.15, 0.2) is 24.5 Å². The van der Waals surface area contributed by atoms with Gasteiger partial charge in [0, 0.05) is 48.5 Å². The van der Waals surface area contributed by atoms with E-state index in [-0.39, 0.29) is 12.1 Å². The minimum atomic E-state index is -0.0873. The predicted molar refractivity (Wildman–Crippen MR) is 98.8 cm³/mol. The van der Waals surface area contributed by atoms with E-state index >= 15 is 0 Å². The van der Waals surface area contributed by atoms with E-state index in [0.29, 0.717) is 6.54 Å². The molecule has 1 aliphatic heterocycles. The van der Waals surface area contributed by atoms with Gasteiger partial charge in [-0.05, 0) is 44.5 Å². The van der Waals surface area contributed by atoms with Crippen molar-refractivity contribution in [2.24, 2.45) is 0 Å². The lowest BCUT2D eigenvalue weighted by molar-refractivity contribution is 0.237. The largest absolute Gasteiger partial charge is 0.336 e. The van der Waals surface area contributed by atoms with E-state index in [4.69, 9.17) is 0 Å². The SMILES string of the molecule is CC[C@H](C)NC(=O)NCc1c(-n2cccc2)sc2c1CCN(C)C2. The fourth-order valence-electron chi connectivity index (χ4n) is 2.99. The zero-order chi connectivity index (χ0) is 17.1. The van der Waals surface area contributed by atoms with E-state index in [1.54, 1.807) is 0 Å². The lowest BCUT2D eigenvalue weighted by Crippen LogP contribution is -2.40. The average Bonchev–Trinajstić information content (AvgIpc) is 3.19. The molecule has 3 heterocycles. The van der Waals surface area contributed by atoms with Crippen molar-refractivity contribution in [2.45, 2.75) is 45.8 Å². The van der Waals surface area contributed by atoms with Crippen LogP contribution in [0.1, 0.15) is 36.3 Å². The molecule has 6 heteroatoms. The van der Waals surface area contributed by atoms with Crippen molar-refractivity contribution in [2.75, 3.05) is 13.6 Å². The van der Waals surface area contributed by atoms with Crippen LogP contribution in [0.2, 0.25) is 0 Å². The normalized spacial score (nSPS) is 15.8. The second-order valence-electron chi connectivity index (χ2n) is 6.50. The molecule has 24 heavy (non-hydrogen) atoms. The summed E-state index contributed by atoms with van der Waals surface area (Å²) >= 11 is 1.84. The van der Waals surface area contributed by atoms with Gasteiger partial charge in [-0.25, -0.2) is 4.79 Å². The van der Waals surface area contributed by atoms with Gasteiger partial charge in [-0.2, -0.15) is 0 Å². The number of nitrogens with one attached hydrogen (secondary N) is 2. The standard InChI is InChI=1S/C18H26N4OS/c1-4-13(2)20-18(23)19-11-15-14-7-10-21(3)12-16(14)24-17(15)22-8-5-6-9-22/h5-6,8-9,13H,4,7,10-12H2,1-3H3,(H2,19,20,23)/t13-/m0/s1. The van der Waals surface area contributed by atoms with Gasteiger partial charge in [-0.1, -0.05) is 6.92 Å². The van der Waals surface area contributed by atoms with Crippen LogP contribution < -0.4 is 10.6 Å². The van der Waals surface area contributed by atoms with E-state index in [1.165, 1.54) is 21.0 Å². The number of hydrogen-bond donors (Lipinski definition) is 2. The first kappa shape index (κ1) is 17.0. The van der Waals surface area contributed by atoms with Crippen molar-refractivity contribution in [3.05, 3.63) is 40.5 Å². The highest BCUT2D eigenvalue weighted by molar-refractivity contribution is 7.14. The molecule has 2 aromatic rings. The molecule has 2 aromatic heterocycles. The van der Waals surface area contributed by atoms with Gasteiger partial charge in [0.15, 0.2) is 0 Å². The number of amides is 2. The molecule has 0 radical (unpaired) electrons. The van der Waals surface area contributed by atoms with Gasteiger partial charge in [-0.15, -0.1) is 11.3 Å². The Morgan fingerprint density at radius 2 is 2.12 bits per heavy atom. The summed E-state index contributed by atoms with van der Waals surface area (Å²) in [5.41, 5.74) is 2.68. The summed E-state index contributed by atoms with van der Waals surface area (Å²) in [6.07, 6.45) is 6.13. The Hall–Kier alpha value is -1.79. The number of carbonyl (C=O) groups is 1. The van der Waals surface area contributed by atoms with Gasteiger partial charge in [0.2, 0.25) is 0 Å². The van der Waals surface area contributed by atoms with Crippen LogP contribution >= 0.6 is 11.3 Å². The average molecular weight is 347 g/mol. The molecule has 5 nitrogen and oxygen atoms in total. The number of aromatic nitrogens is 1. The second kappa shape index (κ2) is 7.40. The summed E-state index contributed by atoms with van der Waals surface area (Å²) in [6, 6.07) is 4.18. The Morgan fingerprint density at radius 1 is 1.38 bits per heavy atom. The topological polar surface area (TPSA) is 49.3 Å². The zero-order valence-corrected chi connectivity index (χ0v) is 15.4. The summed E-state index contributed by atoms with van der Waals surface area (Å²) in [5.74, 6) is 0. The van der Waals surface area contributed by atoms with Crippen LogP contribution in [-0.2, 0) is 19.5 Å². The first-order chi connectivity index (χ1) is 11.6. The van der Waals surface area contributed by atoms with E-state index in [9.17, 15) is 4.79 Å². The van der Waals surface area contributed by atoms with E-state index in [0.717, 1.165) is 25.9 Å². The van der Waals surface area contributed by atoms with Crippen molar-refractivity contribution in [1.29, 1.82) is 0 Å². The molecule has 0 spiro atoms. The number of urea groups is 1. The molecule has 0 aliphatic carbocycles. The number of thiophene rings is 1. The van der Waals surface area contributed by atoms with Gasteiger partial charge >= 0.3 is 6.03 Å². The minimum absolute atomic E-state index is 0.0873. The third-order valence-corrected chi connectivity index (χ3v) is 5.86. The molecule has 2 N–H and O–H groups in total. The third kappa shape index (κ3) is 3.65. The maximum atomic E-state index is 12.1. The van der Waals surface area contributed by atoms with E-state index < -0.39 is 0 Å². The molecule has 130 valence electrons. The molecule has 1 aliphatic rings. The zero-order valence-electron chi connectivity index (χ0n) is 14.6. The number of rotatable bonds is 5. The first-order valence-corrected chi connectivity index (χ1v) is 9.39. The summed E-state index contributed by atoms with van der Waals surface area (Å²) in [7, 11) is 2.16. The maximum Gasteiger partial charge on any atom is 0.315 e. The van der Waals surface area contributed by atoms with E-state index in [1.807, 2.05) is 30.4 Å². The molecule has 0 fully saturated rings. The highest BCUT2D eigenvalue weighted by Crippen LogP contribution is 2.35. The van der Waals surface area contributed by atoms with Gasteiger partial charge < -0.3 is 20.1 Å². The van der Waals surface area contributed by atoms with Crippen LogP contribution in [0, 0.1) is 0 Å². The van der Waals surface area contributed by atoms with Gasteiger partial charge in [0.05, 0.1) is 0 Å². The Labute approximate surface area is 147 Å². The monoisotopic (exact) mass is 346 g/mol. The molecule has 0 saturated heterocycles. The van der Waals surface area contributed by atoms with Gasteiger partial charge in [-0.3, -0.25) is 0 Å². The molecule has 3 rings (SSSR count). The molecule has 0 bridgehead atoms. The maximum absolute atomic E-state index is 12.1. The molecular formula is C18H26N4OS. The smallest absolute Gasteiger partial charge is 0.315 e. The molecule has 0 aromatic carbocycles. The molecular weight excluding hydrogens is 320 g/mol. The number of nitrogens with zero attached hydrogens (tertiary/aromatic N) is 2. The quantitative estimate of drug-likeness (QED) is 0.874. The first-order valence-electron chi connectivity index (χ1n) is 8.58. The van der Waals surface area contributed by atoms with Crippen LogP contribution in [-0.4, -0.2) is 35.1 Å². The Kier molecular flexibility index (Phi) is 5.26. The fraction of sp³-hybridized carbons (Fsp3) is 0.500. The minimum Gasteiger partial charge on any atom is -0.336 e. The Bertz CT molecular complexity index is 692.